The van der Waals surface area contributed by atoms with Crippen LogP contribution in [-0.2, 0) is 24.1 Å². The Morgan fingerprint density at radius 1 is 1.26 bits per heavy atom. The fourth-order valence-corrected chi connectivity index (χ4v) is 4.84. The molecule has 0 radical (unpaired) electrons. The number of hydrogen-bond acceptors (Lipinski definition) is 2. The zero-order chi connectivity index (χ0) is 22.3. The minimum absolute atomic E-state index is 0.0511. The Kier molecular flexibility index (Phi) is 5.96. The van der Waals surface area contributed by atoms with Gasteiger partial charge in [0.2, 0.25) is 0 Å². The molecule has 0 bridgehead atoms. The van der Waals surface area contributed by atoms with Crippen molar-refractivity contribution in [1.29, 1.82) is 0 Å². The largest absolute Gasteiger partial charge is 0.347 e. The Labute approximate surface area is 182 Å². The summed E-state index contributed by atoms with van der Waals surface area (Å²) in [6.07, 6.45) is 2.34. The molecule has 1 aliphatic rings. The molecule has 166 valence electrons. The summed E-state index contributed by atoms with van der Waals surface area (Å²) in [4.78, 5) is 3.77. The average Bonchev–Trinajstić information content (AvgIpc) is 3.50. The van der Waals surface area contributed by atoms with Crippen LogP contribution >= 0.6 is 0 Å². The van der Waals surface area contributed by atoms with Gasteiger partial charge in [-0.3, -0.25) is 4.98 Å². The van der Waals surface area contributed by atoms with Gasteiger partial charge in [0.25, 0.3) is 6.43 Å². The normalized spacial score (nSPS) is 15.7. The van der Waals surface area contributed by atoms with Gasteiger partial charge in [0.1, 0.15) is 11.5 Å². The van der Waals surface area contributed by atoms with Crippen molar-refractivity contribution in [2.75, 3.05) is 0 Å². The molecule has 1 fully saturated rings. The standard InChI is InChI=1S/C23H26F3N3OS/c1-23(2,3)13-29-12-14(11-28-31(30)15-6-7-15)17-9-19(24)18(10-20(17)29)16-5-4-8-27-21(16)22(25)26/h4-5,8-10,12,15,22,28H,6-7,11,13H2,1-3H3. The molecule has 4 rings (SSSR count). The number of nitrogens with zero attached hydrogens (tertiary/aromatic N) is 2. The molecule has 2 heterocycles. The summed E-state index contributed by atoms with van der Waals surface area (Å²) in [6, 6.07) is 6.02. The van der Waals surface area contributed by atoms with Crippen LogP contribution in [0.1, 0.15) is 51.3 Å². The minimum Gasteiger partial charge on any atom is -0.347 e. The summed E-state index contributed by atoms with van der Waals surface area (Å²) in [6.45, 7) is 7.30. The van der Waals surface area contributed by atoms with Gasteiger partial charge in [-0.15, -0.1) is 0 Å². The van der Waals surface area contributed by atoms with Crippen LogP contribution in [0.2, 0.25) is 0 Å². The SMILES string of the molecule is CC(C)(C)Cn1cc(CNS(=O)C2CC2)c2cc(F)c(-c3cccnc3C(F)F)cc21. The van der Waals surface area contributed by atoms with Crippen molar-refractivity contribution in [3.8, 4) is 11.1 Å². The van der Waals surface area contributed by atoms with Crippen molar-refractivity contribution in [1.82, 2.24) is 14.3 Å². The average molecular weight is 450 g/mol. The highest BCUT2D eigenvalue weighted by Crippen LogP contribution is 2.36. The lowest BCUT2D eigenvalue weighted by atomic mass is 9.96. The van der Waals surface area contributed by atoms with Crippen LogP contribution in [0.15, 0.2) is 36.7 Å². The first-order chi connectivity index (χ1) is 14.6. The third-order valence-electron chi connectivity index (χ3n) is 5.26. The number of rotatable bonds is 7. The summed E-state index contributed by atoms with van der Waals surface area (Å²) >= 11 is 0. The van der Waals surface area contributed by atoms with Gasteiger partial charge in [-0.25, -0.2) is 22.1 Å². The zero-order valence-corrected chi connectivity index (χ0v) is 18.6. The van der Waals surface area contributed by atoms with Gasteiger partial charge in [-0.05, 0) is 42.0 Å². The molecule has 0 aliphatic heterocycles. The summed E-state index contributed by atoms with van der Waals surface area (Å²) in [7, 11) is -1.11. The smallest absolute Gasteiger partial charge is 0.280 e. The first-order valence-electron chi connectivity index (χ1n) is 10.3. The van der Waals surface area contributed by atoms with Gasteiger partial charge in [0.15, 0.2) is 0 Å². The molecule has 0 saturated heterocycles. The van der Waals surface area contributed by atoms with Crippen molar-refractivity contribution >= 4 is 21.9 Å². The molecule has 0 amide bonds. The van der Waals surface area contributed by atoms with Gasteiger partial charge < -0.3 is 4.57 Å². The number of aromatic nitrogens is 2. The number of fused-ring (bicyclic) bond motifs is 1. The maximum absolute atomic E-state index is 15.2. The van der Waals surface area contributed by atoms with Gasteiger partial charge in [-0.1, -0.05) is 26.8 Å². The summed E-state index contributed by atoms with van der Waals surface area (Å²) in [5.74, 6) is -0.583. The monoisotopic (exact) mass is 449 g/mol. The molecule has 2 aromatic heterocycles. The van der Waals surface area contributed by atoms with Gasteiger partial charge >= 0.3 is 0 Å². The number of benzene rings is 1. The zero-order valence-electron chi connectivity index (χ0n) is 17.8. The molecule has 1 saturated carbocycles. The van der Waals surface area contributed by atoms with Crippen molar-refractivity contribution < 1.29 is 17.4 Å². The van der Waals surface area contributed by atoms with Crippen molar-refractivity contribution in [3.63, 3.8) is 0 Å². The van der Waals surface area contributed by atoms with E-state index < -0.39 is 28.9 Å². The topological polar surface area (TPSA) is 46.9 Å². The second-order valence-electron chi connectivity index (χ2n) is 9.25. The van der Waals surface area contributed by atoms with Crippen LogP contribution < -0.4 is 4.72 Å². The molecule has 0 spiro atoms. The molecule has 31 heavy (non-hydrogen) atoms. The molecule has 3 aromatic rings. The van der Waals surface area contributed by atoms with E-state index >= 15 is 4.39 Å². The number of nitrogens with one attached hydrogen (secondary N) is 1. The highest BCUT2D eigenvalue weighted by Gasteiger charge is 2.28. The molecular formula is C23H26F3N3OS. The number of halogens is 3. The lowest BCUT2D eigenvalue weighted by Gasteiger charge is -2.20. The van der Waals surface area contributed by atoms with Crippen LogP contribution in [0.4, 0.5) is 13.2 Å². The summed E-state index contributed by atoms with van der Waals surface area (Å²) in [5, 5.41) is 0.887. The molecule has 1 aliphatic carbocycles. The third-order valence-corrected chi connectivity index (χ3v) is 6.77. The maximum Gasteiger partial charge on any atom is 0.280 e. The molecule has 1 unspecified atom stereocenters. The van der Waals surface area contributed by atoms with Crippen LogP contribution in [0.5, 0.6) is 0 Å². The van der Waals surface area contributed by atoms with Crippen molar-refractivity contribution in [3.05, 3.63) is 53.7 Å². The van der Waals surface area contributed by atoms with E-state index in [1.807, 2.05) is 10.8 Å². The Bertz CT molecular complexity index is 1130. The van der Waals surface area contributed by atoms with Crippen molar-refractivity contribution in [2.24, 2.45) is 5.41 Å². The van der Waals surface area contributed by atoms with Gasteiger partial charge in [0.05, 0.1) is 11.0 Å². The lowest BCUT2D eigenvalue weighted by Crippen LogP contribution is -2.19. The van der Waals surface area contributed by atoms with E-state index in [1.54, 1.807) is 6.07 Å². The van der Waals surface area contributed by atoms with E-state index in [-0.39, 0.29) is 21.8 Å². The van der Waals surface area contributed by atoms with E-state index in [4.69, 9.17) is 0 Å². The second kappa shape index (κ2) is 8.39. The van der Waals surface area contributed by atoms with E-state index in [1.165, 1.54) is 24.4 Å². The second-order valence-corrected chi connectivity index (χ2v) is 10.8. The first-order valence-corrected chi connectivity index (χ1v) is 11.5. The summed E-state index contributed by atoms with van der Waals surface area (Å²) in [5.41, 5.74) is 1.30. The number of hydrogen-bond donors (Lipinski definition) is 1. The first kappa shape index (κ1) is 22.0. The predicted octanol–water partition coefficient (Wildman–Crippen LogP) is 5.74. The third kappa shape index (κ3) is 4.85. The quantitative estimate of drug-likeness (QED) is 0.500. The Morgan fingerprint density at radius 3 is 2.65 bits per heavy atom. The van der Waals surface area contributed by atoms with Crippen LogP contribution in [0, 0.1) is 11.2 Å². The Morgan fingerprint density at radius 2 is 2.00 bits per heavy atom. The molecular weight excluding hydrogens is 423 g/mol. The predicted molar refractivity (Wildman–Crippen MR) is 118 cm³/mol. The van der Waals surface area contributed by atoms with Crippen LogP contribution in [0.3, 0.4) is 0 Å². The summed E-state index contributed by atoms with van der Waals surface area (Å²) < 4.78 is 59.4. The molecule has 1 aromatic carbocycles. The highest BCUT2D eigenvalue weighted by molar-refractivity contribution is 7.83. The van der Waals surface area contributed by atoms with Crippen LogP contribution in [-0.4, -0.2) is 19.0 Å². The molecule has 1 N–H and O–H groups in total. The lowest BCUT2D eigenvalue weighted by molar-refractivity contribution is 0.147. The minimum atomic E-state index is -2.80. The van der Waals surface area contributed by atoms with Gasteiger partial charge in [-0.2, -0.15) is 0 Å². The number of pyridine rings is 1. The highest BCUT2D eigenvalue weighted by atomic mass is 32.2. The maximum atomic E-state index is 15.2. The Hall–Kier alpha value is -2.19. The fraction of sp³-hybridized carbons (Fsp3) is 0.435. The van der Waals surface area contributed by atoms with E-state index in [0.717, 1.165) is 23.9 Å². The fourth-order valence-electron chi connectivity index (χ4n) is 3.74. The number of alkyl halides is 2. The van der Waals surface area contributed by atoms with Crippen molar-refractivity contribution in [2.45, 2.75) is 58.4 Å². The van der Waals surface area contributed by atoms with Crippen LogP contribution in [0.25, 0.3) is 22.0 Å². The van der Waals surface area contributed by atoms with E-state index in [9.17, 15) is 13.0 Å². The molecule has 1 atom stereocenters. The Balaban J connectivity index is 1.81. The van der Waals surface area contributed by atoms with E-state index in [0.29, 0.717) is 18.5 Å². The molecule has 8 heteroatoms. The van der Waals surface area contributed by atoms with Gasteiger partial charge in [0, 0.05) is 52.8 Å². The van der Waals surface area contributed by atoms with E-state index in [2.05, 4.69) is 30.5 Å². The molecule has 4 nitrogen and oxygen atoms in total.